The molecule has 0 aliphatic carbocycles. The third-order valence-corrected chi connectivity index (χ3v) is 5.31. The second-order valence-electron chi connectivity index (χ2n) is 5.44. The molecule has 0 spiro atoms. The molecule has 0 fully saturated rings. The average Bonchev–Trinajstić information content (AvgIpc) is 3.16. The molecule has 0 bridgehead atoms. The standard InChI is InChI=1S/C17H15ClN4O4S/c1-19-27(24,25)14-4-2-3-12(9-14)17(23)20-10-15-21-16(22-26-15)11-5-7-13(18)8-6-11/h2-9,19H,10H2,1H3,(H,20,23). The molecule has 0 unspecified atom stereocenters. The molecule has 0 saturated heterocycles. The van der Waals surface area contributed by atoms with Gasteiger partial charge in [0.15, 0.2) is 0 Å². The van der Waals surface area contributed by atoms with Crippen LogP contribution < -0.4 is 10.0 Å². The lowest BCUT2D eigenvalue weighted by Gasteiger charge is -2.06. The van der Waals surface area contributed by atoms with Crippen molar-refractivity contribution in [3.63, 3.8) is 0 Å². The molecule has 10 heteroatoms. The predicted molar refractivity (Wildman–Crippen MR) is 98.6 cm³/mol. The zero-order valence-corrected chi connectivity index (χ0v) is 15.7. The molecule has 3 rings (SSSR count). The monoisotopic (exact) mass is 406 g/mol. The van der Waals surface area contributed by atoms with Crippen LogP contribution in [-0.2, 0) is 16.6 Å². The summed E-state index contributed by atoms with van der Waals surface area (Å²) < 4.78 is 31.0. The van der Waals surface area contributed by atoms with Gasteiger partial charge < -0.3 is 9.84 Å². The largest absolute Gasteiger partial charge is 0.343 e. The summed E-state index contributed by atoms with van der Waals surface area (Å²) >= 11 is 5.84. The Hall–Kier alpha value is -2.75. The van der Waals surface area contributed by atoms with Crippen molar-refractivity contribution >= 4 is 27.5 Å². The Labute approximate surface area is 160 Å². The Morgan fingerprint density at radius 2 is 1.93 bits per heavy atom. The first-order valence-corrected chi connectivity index (χ1v) is 9.65. The highest BCUT2D eigenvalue weighted by Crippen LogP contribution is 2.18. The van der Waals surface area contributed by atoms with Gasteiger partial charge in [0.1, 0.15) is 0 Å². The quantitative estimate of drug-likeness (QED) is 0.648. The molecule has 0 aliphatic heterocycles. The number of nitrogens with one attached hydrogen (secondary N) is 2. The molecule has 3 aromatic rings. The lowest BCUT2D eigenvalue weighted by atomic mass is 10.2. The van der Waals surface area contributed by atoms with E-state index in [9.17, 15) is 13.2 Å². The fraction of sp³-hybridized carbons (Fsp3) is 0.118. The first kappa shape index (κ1) is 19.0. The van der Waals surface area contributed by atoms with Crippen molar-refractivity contribution in [1.29, 1.82) is 0 Å². The van der Waals surface area contributed by atoms with E-state index in [1.54, 1.807) is 24.3 Å². The highest BCUT2D eigenvalue weighted by Gasteiger charge is 2.15. The van der Waals surface area contributed by atoms with E-state index in [4.69, 9.17) is 16.1 Å². The van der Waals surface area contributed by atoms with Gasteiger partial charge >= 0.3 is 0 Å². The summed E-state index contributed by atoms with van der Waals surface area (Å²) in [5, 5.41) is 7.07. The van der Waals surface area contributed by atoms with Crippen molar-refractivity contribution in [2.75, 3.05) is 7.05 Å². The zero-order valence-electron chi connectivity index (χ0n) is 14.1. The van der Waals surface area contributed by atoms with Crippen LogP contribution in [0.1, 0.15) is 16.2 Å². The highest BCUT2D eigenvalue weighted by molar-refractivity contribution is 7.89. The molecule has 27 heavy (non-hydrogen) atoms. The Bertz CT molecular complexity index is 1060. The fourth-order valence-corrected chi connectivity index (χ4v) is 3.12. The van der Waals surface area contributed by atoms with E-state index in [1.165, 1.54) is 31.3 Å². The van der Waals surface area contributed by atoms with Crippen molar-refractivity contribution in [2.24, 2.45) is 0 Å². The number of benzene rings is 2. The smallest absolute Gasteiger partial charge is 0.251 e. The molecule has 2 aromatic carbocycles. The Morgan fingerprint density at radius 1 is 1.19 bits per heavy atom. The van der Waals surface area contributed by atoms with E-state index >= 15 is 0 Å². The van der Waals surface area contributed by atoms with Crippen molar-refractivity contribution in [1.82, 2.24) is 20.2 Å². The number of hydrogen-bond donors (Lipinski definition) is 2. The minimum absolute atomic E-state index is 0.000430. The molecule has 0 radical (unpaired) electrons. The maximum absolute atomic E-state index is 12.3. The van der Waals surface area contributed by atoms with Crippen molar-refractivity contribution in [3.05, 3.63) is 65.0 Å². The molecule has 8 nitrogen and oxygen atoms in total. The zero-order chi connectivity index (χ0) is 19.4. The number of halogens is 1. The van der Waals surface area contributed by atoms with E-state index < -0.39 is 15.9 Å². The van der Waals surface area contributed by atoms with Crippen LogP contribution in [0.25, 0.3) is 11.4 Å². The van der Waals surface area contributed by atoms with Gasteiger partial charge in [0, 0.05) is 16.1 Å². The number of rotatable bonds is 6. The van der Waals surface area contributed by atoms with Gasteiger partial charge in [-0.15, -0.1) is 0 Å². The number of nitrogens with zero attached hydrogens (tertiary/aromatic N) is 2. The third-order valence-electron chi connectivity index (χ3n) is 3.65. The van der Waals surface area contributed by atoms with Gasteiger partial charge in [-0.2, -0.15) is 4.98 Å². The molecule has 0 saturated carbocycles. The van der Waals surface area contributed by atoms with Crippen LogP contribution in [0.15, 0.2) is 57.9 Å². The number of hydrogen-bond acceptors (Lipinski definition) is 6. The molecular formula is C17H15ClN4O4S. The molecule has 140 valence electrons. The van der Waals surface area contributed by atoms with Crippen LogP contribution in [0.5, 0.6) is 0 Å². The first-order chi connectivity index (χ1) is 12.9. The molecule has 1 aromatic heterocycles. The van der Waals surface area contributed by atoms with Crippen LogP contribution in [-0.4, -0.2) is 31.5 Å². The molecule has 1 amide bonds. The maximum atomic E-state index is 12.3. The summed E-state index contributed by atoms with van der Waals surface area (Å²) in [6.07, 6.45) is 0. The summed E-state index contributed by atoms with van der Waals surface area (Å²) in [5.74, 6) is 0.125. The average molecular weight is 407 g/mol. The topological polar surface area (TPSA) is 114 Å². The Morgan fingerprint density at radius 3 is 2.63 bits per heavy atom. The first-order valence-electron chi connectivity index (χ1n) is 7.79. The van der Waals surface area contributed by atoms with Gasteiger partial charge in [-0.25, -0.2) is 13.1 Å². The lowest BCUT2D eigenvalue weighted by Crippen LogP contribution is -2.24. The molecule has 1 heterocycles. The van der Waals surface area contributed by atoms with E-state index in [0.29, 0.717) is 10.8 Å². The van der Waals surface area contributed by atoms with Gasteiger partial charge in [0.05, 0.1) is 11.4 Å². The van der Waals surface area contributed by atoms with E-state index in [0.717, 1.165) is 5.56 Å². The van der Waals surface area contributed by atoms with Gasteiger partial charge in [-0.3, -0.25) is 4.79 Å². The number of carbonyl (C=O) groups is 1. The highest BCUT2D eigenvalue weighted by atomic mass is 35.5. The summed E-state index contributed by atoms with van der Waals surface area (Å²) in [6, 6.07) is 12.6. The van der Waals surface area contributed by atoms with Crippen LogP contribution in [0.4, 0.5) is 0 Å². The third kappa shape index (κ3) is 4.51. The number of aromatic nitrogens is 2. The van der Waals surface area contributed by atoms with Gasteiger partial charge in [0.2, 0.25) is 21.7 Å². The van der Waals surface area contributed by atoms with Crippen molar-refractivity contribution in [3.8, 4) is 11.4 Å². The molecule has 2 N–H and O–H groups in total. The van der Waals surface area contributed by atoms with E-state index in [2.05, 4.69) is 20.2 Å². The van der Waals surface area contributed by atoms with Crippen LogP contribution in [0.3, 0.4) is 0 Å². The van der Waals surface area contributed by atoms with Crippen molar-refractivity contribution in [2.45, 2.75) is 11.4 Å². The van der Waals surface area contributed by atoms with E-state index in [-0.39, 0.29) is 22.9 Å². The van der Waals surface area contributed by atoms with E-state index in [1.807, 2.05) is 0 Å². The van der Waals surface area contributed by atoms with Gasteiger partial charge in [0.25, 0.3) is 5.91 Å². The van der Waals surface area contributed by atoms with Crippen molar-refractivity contribution < 1.29 is 17.7 Å². The number of carbonyl (C=O) groups excluding carboxylic acids is 1. The summed E-state index contributed by atoms with van der Waals surface area (Å²) in [7, 11) is -2.33. The summed E-state index contributed by atoms with van der Waals surface area (Å²) in [6.45, 7) is 0.00241. The second kappa shape index (κ2) is 7.87. The predicted octanol–water partition coefficient (Wildman–Crippen LogP) is 2.23. The Balaban J connectivity index is 1.68. The van der Waals surface area contributed by atoms with Gasteiger partial charge in [-0.1, -0.05) is 22.8 Å². The second-order valence-corrected chi connectivity index (χ2v) is 7.76. The minimum Gasteiger partial charge on any atom is -0.343 e. The summed E-state index contributed by atoms with van der Waals surface area (Å²) in [5.41, 5.74) is 0.925. The number of amides is 1. The van der Waals surface area contributed by atoms with Gasteiger partial charge in [-0.05, 0) is 49.5 Å². The fourth-order valence-electron chi connectivity index (χ4n) is 2.22. The number of sulfonamides is 1. The molecule has 0 atom stereocenters. The SMILES string of the molecule is CNS(=O)(=O)c1cccc(C(=O)NCc2nc(-c3ccc(Cl)cc3)no2)c1. The summed E-state index contributed by atoms with van der Waals surface area (Å²) in [4.78, 5) is 16.5. The van der Waals surface area contributed by atoms with Crippen LogP contribution in [0.2, 0.25) is 5.02 Å². The van der Waals surface area contributed by atoms with Crippen LogP contribution >= 0.6 is 11.6 Å². The minimum atomic E-state index is -3.63. The normalized spacial score (nSPS) is 11.3. The Kier molecular flexibility index (Phi) is 5.54. The maximum Gasteiger partial charge on any atom is 0.251 e. The van der Waals surface area contributed by atoms with Crippen LogP contribution in [0, 0.1) is 0 Å². The lowest BCUT2D eigenvalue weighted by molar-refractivity contribution is 0.0946. The molecular weight excluding hydrogens is 392 g/mol. The molecule has 0 aliphatic rings.